The maximum atomic E-state index is 11.3. The van der Waals surface area contributed by atoms with Crippen molar-refractivity contribution in [2.75, 3.05) is 12.3 Å². The Balaban J connectivity index is 1.81. The Morgan fingerprint density at radius 2 is 1.81 bits per heavy atom. The molecule has 0 aliphatic carbocycles. The van der Waals surface area contributed by atoms with Crippen molar-refractivity contribution in [3.63, 3.8) is 0 Å². The molecule has 0 heterocycles. The van der Waals surface area contributed by atoms with Crippen LogP contribution in [0.15, 0.2) is 48.5 Å². The molecule has 4 nitrogen and oxygen atoms in total. The SMILES string of the molecule is NC(=O)c1ccc(N)cc1OCCCCc1ccccc1. The molecule has 2 aromatic rings. The molecular weight excluding hydrogens is 264 g/mol. The quantitative estimate of drug-likeness (QED) is 0.606. The Morgan fingerprint density at radius 1 is 1.05 bits per heavy atom. The summed E-state index contributed by atoms with van der Waals surface area (Å²) in [5.41, 5.74) is 13.3. The summed E-state index contributed by atoms with van der Waals surface area (Å²) in [4.78, 5) is 11.3. The summed E-state index contributed by atoms with van der Waals surface area (Å²) in [6, 6.07) is 15.2. The Hall–Kier alpha value is -2.49. The van der Waals surface area contributed by atoms with E-state index < -0.39 is 5.91 Å². The fourth-order valence-electron chi connectivity index (χ4n) is 2.12. The topological polar surface area (TPSA) is 78.3 Å². The fraction of sp³-hybridized carbons (Fsp3) is 0.235. The predicted molar refractivity (Wildman–Crippen MR) is 84.2 cm³/mol. The minimum absolute atomic E-state index is 0.368. The maximum Gasteiger partial charge on any atom is 0.252 e. The molecule has 0 aliphatic heterocycles. The van der Waals surface area contributed by atoms with Crippen LogP contribution in [0.25, 0.3) is 0 Å². The summed E-state index contributed by atoms with van der Waals surface area (Å²) in [6.45, 7) is 0.538. The molecule has 21 heavy (non-hydrogen) atoms. The van der Waals surface area contributed by atoms with Gasteiger partial charge in [-0.1, -0.05) is 30.3 Å². The molecule has 0 unspecified atom stereocenters. The lowest BCUT2D eigenvalue weighted by atomic mass is 10.1. The summed E-state index contributed by atoms with van der Waals surface area (Å²) < 4.78 is 5.64. The van der Waals surface area contributed by atoms with Gasteiger partial charge in [0.1, 0.15) is 5.75 Å². The third-order valence-corrected chi connectivity index (χ3v) is 3.23. The van der Waals surface area contributed by atoms with Crippen molar-refractivity contribution in [2.24, 2.45) is 5.73 Å². The zero-order valence-electron chi connectivity index (χ0n) is 11.9. The summed E-state index contributed by atoms with van der Waals surface area (Å²) in [5.74, 6) is -0.0449. The Morgan fingerprint density at radius 3 is 2.52 bits per heavy atom. The smallest absolute Gasteiger partial charge is 0.252 e. The minimum atomic E-state index is -0.505. The van der Waals surface area contributed by atoms with E-state index in [0.29, 0.717) is 23.6 Å². The fourth-order valence-corrected chi connectivity index (χ4v) is 2.12. The highest BCUT2D eigenvalue weighted by Gasteiger charge is 2.09. The number of hydrogen-bond acceptors (Lipinski definition) is 3. The lowest BCUT2D eigenvalue weighted by Crippen LogP contribution is -2.13. The molecule has 4 N–H and O–H groups in total. The predicted octanol–water partition coefficient (Wildman–Crippen LogP) is 2.77. The number of nitrogen functional groups attached to an aromatic ring is 1. The van der Waals surface area contributed by atoms with Crippen molar-refractivity contribution in [1.29, 1.82) is 0 Å². The average molecular weight is 284 g/mol. The molecule has 1 amide bonds. The van der Waals surface area contributed by atoms with E-state index in [1.165, 1.54) is 5.56 Å². The van der Waals surface area contributed by atoms with E-state index in [1.54, 1.807) is 18.2 Å². The molecule has 2 rings (SSSR count). The van der Waals surface area contributed by atoms with E-state index in [0.717, 1.165) is 19.3 Å². The third kappa shape index (κ3) is 4.53. The molecule has 110 valence electrons. The van der Waals surface area contributed by atoms with Gasteiger partial charge in [-0.25, -0.2) is 0 Å². The first-order chi connectivity index (χ1) is 10.2. The summed E-state index contributed by atoms with van der Waals surface area (Å²) in [7, 11) is 0. The molecule has 0 saturated heterocycles. The van der Waals surface area contributed by atoms with Gasteiger partial charge in [-0.05, 0) is 37.0 Å². The number of carbonyl (C=O) groups is 1. The summed E-state index contributed by atoms with van der Waals surface area (Å²) in [6.07, 6.45) is 2.95. The maximum absolute atomic E-state index is 11.3. The number of carbonyl (C=O) groups excluding carboxylic acids is 1. The van der Waals surface area contributed by atoms with E-state index in [2.05, 4.69) is 12.1 Å². The second-order valence-electron chi connectivity index (χ2n) is 4.91. The molecule has 0 saturated carbocycles. The number of nitrogens with two attached hydrogens (primary N) is 2. The van der Waals surface area contributed by atoms with Crippen molar-refractivity contribution in [1.82, 2.24) is 0 Å². The number of primary amides is 1. The van der Waals surface area contributed by atoms with Gasteiger partial charge in [-0.3, -0.25) is 4.79 Å². The van der Waals surface area contributed by atoms with Crippen LogP contribution in [0.3, 0.4) is 0 Å². The lowest BCUT2D eigenvalue weighted by Gasteiger charge is -2.10. The normalized spacial score (nSPS) is 10.3. The van der Waals surface area contributed by atoms with Crippen LogP contribution < -0.4 is 16.2 Å². The second kappa shape index (κ2) is 7.33. The molecule has 0 radical (unpaired) electrons. The van der Waals surface area contributed by atoms with Crippen LogP contribution in [0, 0.1) is 0 Å². The van der Waals surface area contributed by atoms with Crippen molar-refractivity contribution in [2.45, 2.75) is 19.3 Å². The first-order valence-corrected chi connectivity index (χ1v) is 7.03. The van der Waals surface area contributed by atoms with Crippen LogP contribution in [0.5, 0.6) is 5.75 Å². The Bertz CT molecular complexity index is 597. The zero-order chi connectivity index (χ0) is 15.1. The van der Waals surface area contributed by atoms with Crippen LogP contribution in [-0.4, -0.2) is 12.5 Å². The number of aryl methyl sites for hydroxylation is 1. The van der Waals surface area contributed by atoms with E-state index >= 15 is 0 Å². The Labute approximate surface area is 124 Å². The van der Waals surface area contributed by atoms with Crippen molar-refractivity contribution in [3.05, 3.63) is 59.7 Å². The highest BCUT2D eigenvalue weighted by Crippen LogP contribution is 2.21. The average Bonchev–Trinajstić information content (AvgIpc) is 2.48. The number of hydrogen-bond donors (Lipinski definition) is 2. The van der Waals surface area contributed by atoms with Gasteiger partial charge in [-0.2, -0.15) is 0 Å². The molecule has 0 aliphatic rings. The van der Waals surface area contributed by atoms with Crippen LogP contribution >= 0.6 is 0 Å². The number of anilines is 1. The van der Waals surface area contributed by atoms with Gasteiger partial charge < -0.3 is 16.2 Å². The van der Waals surface area contributed by atoms with Gasteiger partial charge >= 0.3 is 0 Å². The zero-order valence-corrected chi connectivity index (χ0v) is 11.9. The van der Waals surface area contributed by atoms with E-state index in [-0.39, 0.29) is 0 Å². The van der Waals surface area contributed by atoms with Crippen LogP contribution in [-0.2, 0) is 6.42 Å². The molecule has 0 aromatic heterocycles. The Kier molecular flexibility index (Phi) is 5.21. The van der Waals surface area contributed by atoms with Gasteiger partial charge in [0.2, 0.25) is 0 Å². The van der Waals surface area contributed by atoms with Gasteiger partial charge in [0.25, 0.3) is 5.91 Å². The van der Waals surface area contributed by atoms with Crippen LogP contribution in [0.2, 0.25) is 0 Å². The molecule has 2 aromatic carbocycles. The van der Waals surface area contributed by atoms with Crippen molar-refractivity contribution < 1.29 is 9.53 Å². The van der Waals surface area contributed by atoms with E-state index in [4.69, 9.17) is 16.2 Å². The van der Waals surface area contributed by atoms with Gasteiger partial charge in [0.15, 0.2) is 0 Å². The number of unbranched alkanes of at least 4 members (excludes halogenated alkanes) is 1. The second-order valence-corrected chi connectivity index (χ2v) is 4.91. The number of rotatable bonds is 7. The number of ether oxygens (including phenoxy) is 1. The molecule has 0 spiro atoms. The molecule has 0 fully saturated rings. The highest BCUT2D eigenvalue weighted by atomic mass is 16.5. The van der Waals surface area contributed by atoms with Crippen LogP contribution in [0.1, 0.15) is 28.8 Å². The van der Waals surface area contributed by atoms with E-state index in [9.17, 15) is 4.79 Å². The highest BCUT2D eigenvalue weighted by molar-refractivity contribution is 5.96. The molecule has 0 atom stereocenters. The van der Waals surface area contributed by atoms with Gasteiger partial charge in [-0.15, -0.1) is 0 Å². The van der Waals surface area contributed by atoms with Crippen molar-refractivity contribution >= 4 is 11.6 Å². The summed E-state index contributed by atoms with van der Waals surface area (Å²) >= 11 is 0. The van der Waals surface area contributed by atoms with Crippen LogP contribution in [0.4, 0.5) is 5.69 Å². The number of benzene rings is 2. The monoisotopic (exact) mass is 284 g/mol. The van der Waals surface area contributed by atoms with Gasteiger partial charge in [0, 0.05) is 11.8 Å². The molecule has 4 heteroatoms. The third-order valence-electron chi connectivity index (χ3n) is 3.23. The summed E-state index contributed by atoms with van der Waals surface area (Å²) in [5, 5.41) is 0. The number of amides is 1. The van der Waals surface area contributed by atoms with Crippen molar-refractivity contribution in [3.8, 4) is 5.75 Å². The lowest BCUT2D eigenvalue weighted by molar-refractivity contribution is 0.0996. The molecule has 0 bridgehead atoms. The largest absolute Gasteiger partial charge is 0.493 e. The molecular formula is C17H20N2O2. The standard InChI is InChI=1S/C17H20N2O2/c18-14-9-10-15(17(19)20)16(12-14)21-11-5-4-8-13-6-2-1-3-7-13/h1-3,6-7,9-10,12H,4-5,8,11,18H2,(H2,19,20). The first-order valence-electron chi connectivity index (χ1n) is 7.03. The van der Waals surface area contributed by atoms with Gasteiger partial charge in [0.05, 0.1) is 12.2 Å². The minimum Gasteiger partial charge on any atom is -0.493 e. The first kappa shape index (κ1) is 14.9. The van der Waals surface area contributed by atoms with E-state index in [1.807, 2.05) is 18.2 Å².